The van der Waals surface area contributed by atoms with Gasteiger partial charge in [-0.05, 0) is 41.5 Å². The highest BCUT2D eigenvalue weighted by atomic mass is 79.9. The molecule has 0 aliphatic rings. The summed E-state index contributed by atoms with van der Waals surface area (Å²) in [4.78, 5) is 16.8. The van der Waals surface area contributed by atoms with E-state index in [0.29, 0.717) is 0 Å². The number of rotatable bonds is 2. The number of H-pyrrole nitrogens is 2. The van der Waals surface area contributed by atoms with Crippen molar-refractivity contribution in [3.8, 4) is 0 Å². The Morgan fingerprint density at radius 2 is 1.48 bits per heavy atom. The number of aromatic nitrogens is 2. The fraction of sp³-hybridized carbons (Fsp3) is 0.0714. The molecule has 1 atom stereocenters. The predicted octanol–water partition coefficient (Wildman–Crippen LogP) is 5.47. The summed E-state index contributed by atoms with van der Waals surface area (Å²) in [5, 5.41) is -0.337. The van der Waals surface area contributed by atoms with Gasteiger partial charge in [-0.1, -0.05) is 47.8 Å². The van der Waals surface area contributed by atoms with Crippen LogP contribution in [0.25, 0.3) is 11.0 Å². The molecule has 0 saturated carbocycles. The number of alkyl halides is 1. The highest BCUT2D eigenvalue weighted by Gasteiger charge is 2.17. The topological polar surface area (TPSA) is 48.6 Å². The highest BCUT2D eigenvalue weighted by molar-refractivity contribution is 9.11. The molecule has 3 rings (SSSR count). The van der Waals surface area contributed by atoms with Crippen LogP contribution in [0, 0.1) is 0 Å². The van der Waals surface area contributed by atoms with Gasteiger partial charge < -0.3 is 9.97 Å². The number of hydrogen-bond acceptors (Lipinski definition) is 1. The Hall–Kier alpha value is -0.560. The van der Waals surface area contributed by atoms with E-state index >= 15 is 0 Å². The summed E-state index contributed by atoms with van der Waals surface area (Å²) in [6, 6.07) is 9.63. The van der Waals surface area contributed by atoms with Crippen LogP contribution < -0.4 is 5.69 Å². The molecule has 2 N–H and O–H groups in total. The lowest BCUT2D eigenvalue weighted by atomic mass is 10.0. The third-order valence-electron chi connectivity index (χ3n) is 3.08. The second-order valence-electron chi connectivity index (χ2n) is 4.56. The Morgan fingerprint density at radius 1 is 0.905 bits per heavy atom. The summed E-state index contributed by atoms with van der Waals surface area (Å²) in [6.07, 6.45) is 0. The van der Waals surface area contributed by atoms with E-state index in [2.05, 4.69) is 57.8 Å². The Balaban J connectivity index is 2.13. The first-order valence-corrected chi connectivity index (χ1v) is 8.77. The van der Waals surface area contributed by atoms with Crippen LogP contribution in [0.2, 0.25) is 0 Å². The summed E-state index contributed by atoms with van der Waals surface area (Å²) in [5.41, 5.74) is 3.10. The minimum absolute atomic E-state index is 0.231. The standard InChI is InChI=1S/C14H8Br3ClN2O/c15-7-1-6(2-8(16)3-7)13(18)9-4-11-12(5-10(9)17)20-14(21)19-11/h1-5,13H,(H2,19,20,21). The molecule has 1 aromatic heterocycles. The molecule has 0 amide bonds. The highest BCUT2D eigenvalue weighted by Crippen LogP contribution is 2.37. The van der Waals surface area contributed by atoms with Crippen LogP contribution in [0.5, 0.6) is 0 Å². The van der Waals surface area contributed by atoms with Gasteiger partial charge in [0, 0.05) is 13.4 Å². The predicted molar refractivity (Wildman–Crippen MR) is 96.2 cm³/mol. The number of fused-ring (bicyclic) bond motifs is 1. The molecule has 0 fully saturated rings. The first-order valence-electron chi connectivity index (χ1n) is 5.95. The van der Waals surface area contributed by atoms with Crippen molar-refractivity contribution in [2.45, 2.75) is 5.38 Å². The van der Waals surface area contributed by atoms with Gasteiger partial charge in [-0.2, -0.15) is 0 Å². The molecule has 3 nitrogen and oxygen atoms in total. The van der Waals surface area contributed by atoms with E-state index in [0.717, 1.165) is 35.6 Å². The summed E-state index contributed by atoms with van der Waals surface area (Å²) in [5.74, 6) is 0. The second kappa shape index (κ2) is 5.91. The zero-order valence-corrected chi connectivity index (χ0v) is 15.9. The zero-order valence-electron chi connectivity index (χ0n) is 10.4. The van der Waals surface area contributed by atoms with Gasteiger partial charge in [-0.15, -0.1) is 11.6 Å². The largest absolute Gasteiger partial charge is 0.323 e. The molecule has 3 aromatic rings. The van der Waals surface area contributed by atoms with E-state index in [1.165, 1.54) is 0 Å². The van der Waals surface area contributed by atoms with Crippen molar-refractivity contribution < 1.29 is 0 Å². The number of benzene rings is 2. The van der Waals surface area contributed by atoms with E-state index in [-0.39, 0.29) is 11.1 Å². The van der Waals surface area contributed by atoms with Crippen LogP contribution in [0.4, 0.5) is 0 Å². The van der Waals surface area contributed by atoms with Crippen LogP contribution in [-0.4, -0.2) is 9.97 Å². The van der Waals surface area contributed by atoms with Gasteiger partial charge in [0.05, 0.1) is 16.4 Å². The lowest BCUT2D eigenvalue weighted by Gasteiger charge is -2.13. The summed E-state index contributed by atoms with van der Waals surface area (Å²) < 4.78 is 2.75. The number of nitrogens with one attached hydrogen (secondary N) is 2. The van der Waals surface area contributed by atoms with Crippen molar-refractivity contribution in [1.29, 1.82) is 0 Å². The van der Waals surface area contributed by atoms with Crippen molar-refractivity contribution >= 4 is 70.4 Å². The maximum Gasteiger partial charge on any atom is 0.323 e. The molecule has 21 heavy (non-hydrogen) atoms. The molecular weight excluding hydrogens is 487 g/mol. The van der Waals surface area contributed by atoms with E-state index in [9.17, 15) is 4.79 Å². The van der Waals surface area contributed by atoms with Gasteiger partial charge in [0.1, 0.15) is 0 Å². The fourth-order valence-electron chi connectivity index (χ4n) is 2.17. The van der Waals surface area contributed by atoms with Crippen LogP contribution in [0.15, 0.2) is 48.5 Å². The van der Waals surface area contributed by atoms with Gasteiger partial charge in [0.25, 0.3) is 0 Å². The summed E-state index contributed by atoms with van der Waals surface area (Å²) >= 11 is 17.1. The van der Waals surface area contributed by atoms with Gasteiger partial charge >= 0.3 is 5.69 Å². The number of aromatic amines is 2. The molecule has 1 heterocycles. The van der Waals surface area contributed by atoms with Gasteiger partial charge in [0.15, 0.2) is 0 Å². The van der Waals surface area contributed by atoms with E-state index in [1.807, 2.05) is 30.3 Å². The van der Waals surface area contributed by atoms with Crippen molar-refractivity contribution in [3.05, 3.63) is 65.4 Å². The second-order valence-corrected chi connectivity index (χ2v) is 7.69. The first kappa shape index (κ1) is 15.3. The Bertz CT molecular complexity index is 867. The minimum atomic E-state index is -0.337. The fourth-order valence-corrected chi connectivity index (χ4v) is 4.51. The van der Waals surface area contributed by atoms with Crippen LogP contribution in [0.3, 0.4) is 0 Å². The molecule has 0 bridgehead atoms. The van der Waals surface area contributed by atoms with E-state index < -0.39 is 0 Å². The Morgan fingerprint density at radius 3 is 2.10 bits per heavy atom. The van der Waals surface area contributed by atoms with Crippen LogP contribution >= 0.6 is 59.4 Å². The molecule has 0 spiro atoms. The minimum Gasteiger partial charge on any atom is -0.306 e. The average Bonchev–Trinajstić information content (AvgIpc) is 2.75. The Labute approximate surface area is 150 Å². The van der Waals surface area contributed by atoms with E-state index in [4.69, 9.17) is 11.6 Å². The summed E-state index contributed by atoms with van der Waals surface area (Å²) in [7, 11) is 0. The van der Waals surface area contributed by atoms with E-state index in [1.54, 1.807) is 0 Å². The SMILES string of the molecule is O=c1[nH]c2cc(Br)c(C(Cl)c3cc(Br)cc(Br)c3)cc2[nH]1. The molecule has 108 valence electrons. The van der Waals surface area contributed by atoms with Gasteiger partial charge in [-0.3, -0.25) is 0 Å². The van der Waals surface area contributed by atoms with Crippen molar-refractivity contribution in [2.24, 2.45) is 0 Å². The van der Waals surface area contributed by atoms with Crippen LogP contribution in [-0.2, 0) is 0 Å². The lowest BCUT2D eigenvalue weighted by Crippen LogP contribution is -1.99. The summed E-state index contributed by atoms with van der Waals surface area (Å²) in [6.45, 7) is 0. The molecule has 0 radical (unpaired) electrons. The molecule has 0 aliphatic heterocycles. The third-order valence-corrected chi connectivity index (χ3v) is 5.17. The maximum atomic E-state index is 11.4. The quantitative estimate of drug-likeness (QED) is 0.455. The molecule has 2 aromatic carbocycles. The molecule has 0 saturated heterocycles. The van der Waals surface area contributed by atoms with Gasteiger partial charge in [-0.25, -0.2) is 4.79 Å². The number of imidazole rings is 1. The normalized spacial score (nSPS) is 12.8. The zero-order chi connectivity index (χ0) is 15.1. The average molecular weight is 495 g/mol. The monoisotopic (exact) mass is 492 g/mol. The van der Waals surface area contributed by atoms with Gasteiger partial charge in [0.2, 0.25) is 0 Å². The van der Waals surface area contributed by atoms with Crippen molar-refractivity contribution in [1.82, 2.24) is 9.97 Å². The Kier molecular flexibility index (Phi) is 4.32. The molecule has 0 aliphatic carbocycles. The molecule has 7 heteroatoms. The van der Waals surface area contributed by atoms with Crippen molar-refractivity contribution in [3.63, 3.8) is 0 Å². The molecular formula is C14H8Br3ClN2O. The number of hydrogen-bond donors (Lipinski definition) is 2. The maximum absolute atomic E-state index is 11.4. The first-order chi connectivity index (χ1) is 9.94. The molecule has 1 unspecified atom stereocenters. The lowest BCUT2D eigenvalue weighted by molar-refractivity contribution is 1.13. The van der Waals surface area contributed by atoms with Crippen LogP contribution in [0.1, 0.15) is 16.5 Å². The third kappa shape index (κ3) is 3.13. The number of halogens is 4. The smallest absolute Gasteiger partial charge is 0.306 e. The van der Waals surface area contributed by atoms with Crippen molar-refractivity contribution in [2.75, 3.05) is 0 Å².